The average Bonchev–Trinajstić information content (AvgIpc) is 3.47. The van der Waals surface area contributed by atoms with Gasteiger partial charge in [0.1, 0.15) is 11.3 Å². The molecule has 2 aromatic carbocycles. The van der Waals surface area contributed by atoms with E-state index in [0.717, 1.165) is 27.4 Å². The van der Waals surface area contributed by atoms with Crippen molar-refractivity contribution in [3.8, 4) is 5.75 Å². The van der Waals surface area contributed by atoms with E-state index in [2.05, 4.69) is 0 Å². The highest BCUT2D eigenvalue weighted by atomic mass is 32.2. The minimum Gasteiger partial charge on any atom is -0.492 e. The molecule has 1 amide bonds. The minimum atomic E-state index is -3.57. The maximum atomic E-state index is 13.6. The summed E-state index contributed by atoms with van der Waals surface area (Å²) in [6.07, 6.45) is 1.76. The van der Waals surface area contributed by atoms with Crippen LogP contribution in [0, 0.1) is 0 Å². The third kappa shape index (κ3) is 4.89. The van der Waals surface area contributed by atoms with Gasteiger partial charge in [0.2, 0.25) is 10.0 Å². The molecule has 1 aliphatic heterocycles. The summed E-state index contributed by atoms with van der Waals surface area (Å²) in [6, 6.07) is 11.7. The molecule has 1 aromatic heterocycles. The Hall–Kier alpha value is -2.53. The number of carbonyl (C=O) groups is 1. The van der Waals surface area contributed by atoms with E-state index in [1.807, 2.05) is 25.1 Å². The Kier molecular flexibility index (Phi) is 6.99. The van der Waals surface area contributed by atoms with Crippen LogP contribution in [0.4, 0.5) is 5.13 Å². The van der Waals surface area contributed by atoms with Crippen molar-refractivity contribution in [2.24, 2.45) is 0 Å². The lowest BCUT2D eigenvalue weighted by molar-refractivity contribution is 0.0917. The van der Waals surface area contributed by atoms with Crippen LogP contribution in [0.1, 0.15) is 30.1 Å². The zero-order chi connectivity index (χ0) is 23.6. The van der Waals surface area contributed by atoms with Gasteiger partial charge in [-0.2, -0.15) is 0 Å². The Morgan fingerprint density at radius 2 is 1.97 bits per heavy atom. The normalized spacial score (nSPS) is 16.4. The Morgan fingerprint density at radius 1 is 1.21 bits per heavy atom. The molecule has 3 aromatic rings. The minimum absolute atomic E-state index is 0.0688. The molecule has 0 N–H and O–H groups in total. The van der Waals surface area contributed by atoms with E-state index in [-0.39, 0.29) is 16.9 Å². The van der Waals surface area contributed by atoms with Crippen LogP contribution in [0.3, 0.4) is 0 Å². The van der Waals surface area contributed by atoms with Gasteiger partial charge in [-0.15, -0.1) is 0 Å². The van der Waals surface area contributed by atoms with Crippen molar-refractivity contribution in [2.75, 3.05) is 38.8 Å². The van der Waals surface area contributed by atoms with Crippen molar-refractivity contribution in [2.45, 2.75) is 30.8 Å². The number of anilines is 1. The second kappa shape index (κ2) is 9.76. The largest absolute Gasteiger partial charge is 0.492 e. The number of nitrogens with zero attached hydrogens (tertiary/aromatic N) is 3. The number of fused-ring (bicyclic) bond motifs is 1. The maximum absolute atomic E-state index is 13.6. The smallest absolute Gasteiger partial charge is 0.260 e. The van der Waals surface area contributed by atoms with Gasteiger partial charge in [0, 0.05) is 26.3 Å². The van der Waals surface area contributed by atoms with Crippen molar-refractivity contribution in [3.05, 3.63) is 48.0 Å². The number of thiazole rings is 1. The summed E-state index contributed by atoms with van der Waals surface area (Å²) in [5, 5.41) is 0.558. The predicted molar refractivity (Wildman–Crippen MR) is 129 cm³/mol. The maximum Gasteiger partial charge on any atom is 0.260 e. The molecule has 4 rings (SSSR count). The van der Waals surface area contributed by atoms with E-state index >= 15 is 0 Å². The SMILES string of the molecule is CCOc1cccc2sc(N(CC3CCCO3)C(=O)c3ccc(S(=O)(=O)N(C)C)cc3)nc12. The zero-order valence-electron chi connectivity index (χ0n) is 18.9. The molecule has 10 heteroatoms. The van der Waals surface area contributed by atoms with Crippen LogP contribution in [-0.2, 0) is 14.8 Å². The Morgan fingerprint density at radius 3 is 2.61 bits per heavy atom. The van der Waals surface area contributed by atoms with E-state index in [0.29, 0.717) is 36.2 Å². The van der Waals surface area contributed by atoms with Gasteiger partial charge in [0.25, 0.3) is 5.91 Å². The van der Waals surface area contributed by atoms with Gasteiger partial charge in [-0.25, -0.2) is 17.7 Å². The van der Waals surface area contributed by atoms with Crippen molar-refractivity contribution in [3.63, 3.8) is 0 Å². The number of hydrogen-bond donors (Lipinski definition) is 0. The molecule has 0 saturated carbocycles. The van der Waals surface area contributed by atoms with Gasteiger partial charge in [-0.3, -0.25) is 9.69 Å². The molecular weight excluding hydrogens is 462 g/mol. The monoisotopic (exact) mass is 489 g/mol. The number of sulfonamides is 1. The number of ether oxygens (including phenoxy) is 2. The highest BCUT2D eigenvalue weighted by Crippen LogP contribution is 2.35. The Balaban J connectivity index is 1.69. The van der Waals surface area contributed by atoms with E-state index in [4.69, 9.17) is 14.5 Å². The van der Waals surface area contributed by atoms with Crippen molar-refractivity contribution in [1.29, 1.82) is 0 Å². The Labute approximate surface area is 197 Å². The lowest BCUT2D eigenvalue weighted by Crippen LogP contribution is -2.37. The van der Waals surface area contributed by atoms with Crippen molar-refractivity contribution in [1.82, 2.24) is 9.29 Å². The summed E-state index contributed by atoms with van der Waals surface area (Å²) in [4.78, 5) is 20.1. The second-order valence-electron chi connectivity index (χ2n) is 7.89. The molecule has 0 aliphatic carbocycles. The first-order chi connectivity index (χ1) is 15.8. The second-order valence-corrected chi connectivity index (χ2v) is 11.1. The number of carbonyl (C=O) groups excluding carboxylic acids is 1. The molecule has 1 aliphatic rings. The summed E-state index contributed by atoms with van der Waals surface area (Å²) in [5.41, 5.74) is 1.10. The summed E-state index contributed by atoms with van der Waals surface area (Å²) >= 11 is 1.42. The first-order valence-corrected chi connectivity index (χ1v) is 13.1. The topological polar surface area (TPSA) is 89.0 Å². The fraction of sp³-hybridized carbons (Fsp3) is 0.391. The first-order valence-electron chi connectivity index (χ1n) is 10.8. The molecule has 0 bridgehead atoms. The van der Waals surface area contributed by atoms with Crippen LogP contribution in [0.15, 0.2) is 47.4 Å². The van der Waals surface area contributed by atoms with Crippen molar-refractivity contribution >= 4 is 42.6 Å². The van der Waals surface area contributed by atoms with Crippen LogP contribution < -0.4 is 9.64 Å². The molecule has 0 radical (unpaired) electrons. The summed E-state index contributed by atoms with van der Waals surface area (Å²) in [6.45, 7) is 3.49. The molecule has 2 heterocycles. The van der Waals surface area contributed by atoms with Crippen LogP contribution in [-0.4, -0.2) is 63.6 Å². The number of amides is 1. The molecule has 1 unspecified atom stereocenters. The van der Waals surface area contributed by atoms with Crippen LogP contribution in [0.25, 0.3) is 10.2 Å². The van der Waals surface area contributed by atoms with E-state index in [9.17, 15) is 13.2 Å². The van der Waals surface area contributed by atoms with E-state index in [1.54, 1.807) is 17.0 Å². The lowest BCUT2D eigenvalue weighted by atomic mass is 10.2. The van der Waals surface area contributed by atoms with Crippen molar-refractivity contribution < 1.29 is 22.7 Å². The van der Waals surface area contributed by atoms with Gasteiger partial charge in [-0.05, 0) is 56.2 Å². The highest BCUT2D eigenvalue weighted by molar-refractivity contribution is 7.89. The predicted octanol–water partition coefficient (Wildman–Crippen LogP) is 3.77. The number of aromatic nitrogens is 1. The average molecular weight is 490 g/mol. The van der Waals surface area contributed by atoms with Gasteiger partial charge in [-0.1, -0.05) is 17.4 Å². The third-order valence-electron chi connectivity index (χ3n) is 5.44. The number of hydrogen-bond acceptors (Lipinski definition) is 7. The van der Waals surface area contributed by atoms with Crippen LogP contribution in [0.2, 0.25) is 0 Å². The molecular formula is C23H27N3O5S2. The Bertz CT molecular complexity index is 1230. The molecule has 176 valence electrons. The summed E-state index contributed by atoms with van der Waals surface area (Å²) in [5.74, 6) is 0.427. The summed E-state index contributed by atoms with van der Waals surface area (Å²) < 4.78 is 38.3. The highest BCUT2D eigenvalue weighted by Gasteiger charge is 2.28. The van der Waals surface area contributed by atoms with Gasteiger partial charge < -0.3 is 9.47 Å². The molecule has 8 nitrogen and oxygen atoms in total. The first kappa shape index (κ1) is 23.6. The molecule has 1 saturated heterocycles. The van der Waals surface area contributed by atoms with Crippen LogP contribution in [0.5, 0.6) is 5.75 Å². The molecule has 1 atom stereocenters. The lowest BCUT2D eigenvalue weighted by Gasteiger charge is -2.23. The third-order valence-corrected chi connectivity index (χ3v) is 8.31. The summed E-state index contributed by atoms with van der Waals surface area (Å²) in [7, 11) is -0.627. The molecule has 1 fully saturated rings. The number of para-hydroxylation sites is 1. The van der Waals surface area contributed by atoms with Gasteiger partial charge in [0.05, 0.1) is 28.9 Å². The standard InChI is InChI=1S/C23H27N3O5S2/c1-4-30-19-8-5-9-20-21(19)24-23(32-20)26(15-17-7-6-14-31-17)22(27)16-10-12-18(13-11-16)33(28,29)25(2)3/h5,8-13,17H,4,6-7,14-15H2,1-3H3. The number of benzene rings is 2. The zero-order valence-corrected chi connectivity index (χ0v) is 20.5. The molecule has 0 spiro atoms. The van der Waals surface area contributed by atoms with Crippen LogP contribution >= 0.6 is 11.3 Å². The van der Waals surface area contributed by atoms with Gasteiger partial charge >= 0.3 is 0 Å². The quantitative estimate of drug-likeness (QED) is 0.479. The number of rotatable bonds is 8. The fourth-order valence-corrected chi connectivity index (χ4v) is 5.57. The van der Waals surface area contributed by atoms with E-state index < -0.39 is 10.0 Å². The van der Waals surface area contributed by atoms with E-state index in [1.165, 1.54) is 37.6 Å². The van der Waals surface area contributed by atoms with Gasteiger partial charge in [0.15, 0.2) is 5.13 Å². The molecule has 33 heavy (non-hydrogen) atoms. The fourth-order valence-electron chi connectivity index (χ4n) is 3.67.